The first kappa shape index (κ1) is 18.2. The van der Waals surface area contributed by atoms with Gasteiger partial charge < -0.3 is 9.64 Å². The molecule has 0 saturated heterocycles. The van der Waals surface area contributed by atoms with Crippen molar-refractivity contribution in [1.29, 1.82) is 0 Å². The Morgan fingerprint density at radius 3 is 2.90 bits per heavy atom. The Hall–Kier alpha value is -0.816. The molecule has 2 rings (SSSR count). The monoisotopic (exact) mass is 377 g/mol. The predicted octanol–water partition coefficient (Wildman–Crippen LogP) is 2.99. The number of hydrogen-bond acceptors (Lipinski definition) is 2. The second-order valence-electron chi connectivity index (χ2n) is 4.66. The van der Waals surface area contributed by atoms with Crippen LogP contribution in [0.4, 0.5) is 0 Å². The maximum atomic E-state index is 12.0. The van der Waals surface area contributed by atoms with Crippen molar-refractivity contribution in [1.82, 2.24) is 4.90 Å². The summed E-state index contributed by atoms with van der Waals surface area (Å²) in [7, 11) is 1.74. The number of rotatable bonds is 3. The molecule has 0 saturated carbocycles. The molecular weight excluding hydrogens is 363 g/mol. The largest absolute Gasteiger partial charge is 0.481 e. The maximum absolute atomic E-state index is 12.0. The van der Waals surface area contributed by atoms with Gasteiger partial charge in [0.1, 0.15) is 12.4 Å². The summed E-state index contributed by atoms with van der Waals surface area (Å²) in [5.41, 5.74) is 1.48. The molecule has 1 aromatic carbocycles. The second kappa shape index (κ2) is 7.99. The van der Waals surface area contributed by atoms with Gasteiger partial charge in [-0.25, -0.2) is 6.08 Å². The van der Waals surface area contributed by atoms with Crippen LogP contribution in [0.2, 0.25) is 5.02 Å². The summed E-state index contributed by atoms with van der Waals surface area (Å²) in [5, 5.41) is 0.510. The van der Waals surface area contributed by atoms with Crippen molar-refractivity contribution in [2.75, 3.05) is 13.7 Å². The van der Waals surface area contributed by atoms with Crippen molar-refractivity contribution in [3.8, 4) is 18.1 Å². The molecule has 1 unspecified atom stereocenters. The van der Waals surface area contributed by atoms with E-state index >= 15 is 0 Å². The number of hydrogen-bond donors (Lipinski definition) is 0. The van der Waals surface area contributed by atoms with Crippen LogP contribution in [-0.2, 0) is 37.5 Å². The molecule has 1 aliphatic rings. The fourth-order valence-electron chi connectivity index (χ4n) is 2.08. The summed E-state index contributed by atoms with van der Waals surface area (Å²) >= 11 is 6.26. The third-order valence-electron chi connectivity index (χ3n) is 3.18. The van der Waals surface area contributed by atoms with Gasteiger partial charge in [-0.15, -0.1) is 35.4 Å². The number of amides is 1. The molecule has 0 spiro atoms. The summed E-state index contributed by atoms with van der Waals surface area (Å²) in [6, 6.07) is 5.29. The molecule has 0 bridgehead atoms. The van der Waals surface area contributed by atoms with Gasteiger partial charge in [0.25, 0.3) is 0 Å². The molecule has 3 nitrogen and oxygen atoms in total. The molecule has 1 radical (unpaired) electrons. The second-order valence-corrected chi connectivity index (χ2v) is 5.07. The molecule has 0 aromatic heterocycles. The Balaban J connectivity index is 0.00000220. The van der Waals surface area contributed by atoms with Gasteiger partial charge in [-0.3, -0.25) is 4.79 Å². The molecule has 0 aliphatic carbocycles. The van der Waals surface area contributed by atoms with Crippen LogP contribution in [0.3, 0.4) is 0 Å². The first-order valence-corrected chi connectivity index (χ1v) is 6.67. The quantitative estimate of drug-likeness (QED) is 0.599. The van der Waals surface area contributed by atoms with E-state index < -0.39 is 0 Å². The Bertz CT molecular complexity index is 607. The Morgan fingerprint density at radius 1 is 1.57 bits per heavy atom. The maximum Gasteiger partial charge on any atom is 0.225 e. The van der Waals surface area contributed by atoms with Crippen LogP contribution >= 0.6 is 11.6 Å². The molecule has 1 aliphatic heterocycles. The zero-order valence-electron chi connectivity index (χ0n) is 12.0. The average molecular weight is 378 g/mol. The fourth-order valence-corrected chi connectivity index (χ4v) is 2.34. The van der Waals surface area contributed by atoms with Crippen molar-refractivity contribution >= 4 is 23.2 Å². The van der Waals surface area contributed by atoms with E-state index in [4.69, 9.17) is 22.8 Å². The van der Waals surface area contributed by atoms with Crippen molar-refractivity contribution < 1.29 is 42.2 Å². The number of benzene rings is 1. The van der Waals surface area contributed by atoms with E-state index in [9.17, 15) is 4.79 Å². The van der Waals surface area contributed by atoms with Crippen molar-refractivity contribution in [2.45, 2.75) is 13.3 Å². The summed E-state index contributed by atoms with van der Waals surface area (Å²) in [4.78, 5) is 13.6. The van der Waals surface area contributed by atoms with Gasteiger partial charge in [-0.1, -0.05) is 19.3 Å². The van der Waals surface area contributed by atoms with Crippen LogP contribution in [-0.4, -0.2) is 24.5 Å². The van der Waals surface area contributed by atoms with Crippen molar-refractivity contribution in [2.24, 2.45) is 5.92 Å². The minimum atomic E-state index is -0.0410. The summed E-state index contributed by atoms with van der Waals surface area (Å²) in [6.07, 6.45) is 8.98. The van der Waals surface area contributed by atoms with Gasteiger partial charge in [0.2, 0.25) is 5.91 Å². The average Bonchev–Trinajstić information content (AvgIpc) is 2.44. The Labute approximate surface area is 155 Å². The molecule has 107 valence electrons. The molecule has 0 N–H and O–H groups in total. The standard InChI is InChI=1S/C16H15ClNO2.Y/c1-4-9-20-12-6-7-13(14(17)10-12)15-8-5-11(2)16(19)18(15)3;/h1,6-7,10-11H,5,9H2,2-3H3;/q-1;. The first-order chi connectivity index (χ1) is 9.54. The van der Waals surface area contributed by atoms with Crippen molar-refractivity contribution in [3.05, 3.63) is 34.9 Å². The molecule has 21 heavy (non-hydrogen) atoms. The van der Waals surface area contributed by atoms with Gasteiger partial charge >= 0.3 is 0 Å². The number of carbonyl (C=O) groups is 1. The zero-order valence-corrected chi connectivity index (χ0v) is 15.6. The number of allylic oxidation sites excluding steroid dienone is 1. The smallest absolute Gasteiger partial charge is 0.225 e. The molecular formula is C16H15ClNO2Y-. The number of carbonyl (C=O) groups excluding carboxylic acids is 1. The normalized spacial score (nSPS) is 17.6. The third-order valence-corrected chi connectivity index (χ3v) is 3.49. The van der Waals surface area contributed by atoms with Gasteiger partial charge in [0, 0.05) is 45.7 Å². The predicted molar refractivity (Wildman–Crippen MR) is 79.0 cm³/mol. The number of halogens is 1. The fraction of sp³-hybridized carbons (Fsp3) is 0.312. The number of terminal acetylenes is 1. The number of nitrogens with zero attached hydrogens (tertiary/aromatic N) is 1. The van der Waals surface area contributed by atoms with Gasteiger partial charge in [-0.05, 0) is 17.2 Å². The van der Waals surface area contributed by atoms with E-state index in [-0.39, 0.29) is 51.1 Å². The van der Waals surface area contributed by atoms with Crippen LogP contribution in [0.1, 0.15) is 18.9 Å². The van der Waals surface area contributed by atoms with Crippen LogP contribution in [0.15, 0.2) is 18.2 Å². The van der Waals surface area contributed by atoms with E-state index in [0.717, 1.165) is 5.56 Å². The third kappa shape index (κ3) is 4.10. The van der Waals surface area contributed by atoms with E-state index in [1.54, 1.807) is 24.1 Å². The summed E-state index contributed by atoms with van der Waals surface area (Å²) in [5.74, 6) is 3.03. The number of ether oxygens (including phenoxy) is 1. The minimum Gasteiger partial charge on any atom is -0.481 e. The first-order valence-electron chi connectivity index (χ1n) is 6.29. The van der Waals surface area contributed by atoms with Crippen LogP contribution < -0.4 is 4.74 Å². The Kier molecular flexibility index (Phi) is 6.93. The van der Waals surface area contributed by atoms with E-state index in [0.29, 0.717) is 22.9 Å². The summed E-state index contributed by atoms with van der Waals surface area (Å²) < 4.78 is 5.31. The molecule has 0 fully saturated rings. The zero-order chi connectivity index (χ0) is 14.7. The van der Waals surface area contributed by atoms with Crippen LogP contribution in [0, 0.1) is 24.3 Å². The molecule has 5 heteroatoms. The molecule has 1 heterocycles. The van der Waals surface area contributed by atoms with Crippen LogP contribution in [0.5, 0.6) is 5.75 Å². The van der Waals surface area contributed by atoms with Gasteiger partial charge in [0.15, 0.2) is 0 Å². The topological polar surface area (TPSA) is 29.5 Å². The minimum absolute atomic E-state index is 0. The van der Waals surface area contributed by atoms with Crippen LogP contribution in [0.25, 0.3) is 5.70 Å². The Morgan fingerprint density at radius 2 is 2.29 bits per heavy atom. The van der Waals surface area contributed by atoms with E-state index in [1.807, 2.05) is 13.0 Å². The molecule has 1 atom stereocenters. The van der Waals surface area contributed by atoms with Gasteiger partial charge in [-0.2, -0.15) is 0 Å². The van der Waals surface area contributed by atoms with Crippen molar-refractivity contribution in [3.63, 3.8) is 0 Å². The molecule has 1 amide bonds. The molecule has 1 aromatic rings. The van der Waals surface area contributed by atoms with E-state index in [2.05, 4.69) is 12.0 Å². The SMILES string of the molecule is C#CCOc1ccc(C2=[C-]CC(C)C(=O)N2C)c(Cl)c1.[Y]. The summed E-state index contributed by atoms with van der Waals surface area (Å²) in [6.45, 7) is 2.08. The van der Waals surface area contributed by atoms with E-state index in [1.165, 1.54) is 0 Å². The van der Waals surface area contributed by atoms with Gasteiger partial charge in [0.05, 0.1) is 0 Å².